The third-order valence-corrected chi connectivity index (χ3v) is 10.6. The number of carbonyl (C=O) groups excluding carboxylic acids is 5. The number of aliphatic hydroxyl groups is 1. The number of nitrogens with two attached hydrogens (primary N) is 1. The minimum absolute atomic E-state index is 0.00889. The fourth-order valence-corrected chi connectivity index (χ4v) is 8.46. The van der Waals surface area contributed by atoms with E-state index in [4.69, 9.17) is 5.73 Å². The molecular formula is C35H41N3O7. The Hall–Kier alpha value is -3.73. The number of rotatable bonds is 7. The van der Waals surface area contributed by atoms with Gasteiger partial charge in [-0.05, 0) is 106 Å². The van der Waals surface area contributed by atoms with Gasteiger partial charge in [0, 0.05) is 5.92 Å². The first-order valence-corrected chi connectivity index (χ1v) is 16.0. The number of carbonyl (C=O) groups is 5. The van der Waals surface area contributed by atoms with Gasteiger partial charge in [-0.3, -0.25) is 28.9 Å². The van der Waals surface area contributed by atoms with Crippen LogP contribution in [0.2, 0.25) is 0 Å². The third-order valence-electron chi connectivity index (χ3n) is 10.6. The zero-order chi connectivity index (χ0) is 32.2. The lowest BCUT2D eigenvalue weighted by Crippen LogP contribution is -2.74. The molecule has 1 aliphatic heterocycles. The number of aryl methyl sites for hydroxylation is 1. The van der Waals surface area contributed by atoms with Crippen molar-refractivity contribution in [1.29, 1.82) is 0 Å². The number of hydrogen-bond donors (Lipinski definition) is 3. The summed E-state index contributed by atoms with van der Waals surface area (Å²) in [5, 5.41) is 22.7. The maximum atomic E-state index is 14.1. The fraction of sp³-hybridized carbons (Fsp3) is 0.514. The summed E-state index contributed by atoms with van der Waals surface area (Å²) in [7, 11) is 3.15. The summed E-state index contributed by atoms with van der Waals surface area (Å²) in [6.45, 7) is 3.36. The van der Waals surface area contributed by atoms with Crippen LogP contribution in [-0.4, -0.2) is 94.4 Å². The number of amides is 1. The van der Waals surface area contributed by atoms with Gasteiger partial charge in [-0.1, -0.05) is 36.8 Å². The molecule has 1 amide bonds. The summed E-state index contributed by atoms with van der Waals surface area (Å²) in [6, 6.07) is 10.2. The quantitative estimate of drug-likeness (QED) is 0.396. The molecule has 6 rings (SSSR count). The van der Waals surface area contributed by atoms with Crippen molar-refractivity contribution in [2.24, 2.45) is 29.4 Å². The van der Waals surface area contributed by atoms with Crippen LogP contribution in [0, 0.1) is 23.7 Å². The molecule has 0 spiro atoms. The zero-order valence-corrected chi connectivity index (χ0v) is 25.8. The minimum atomic E-state index is -2.73. The monoisotopic (exact) mass is 615 g/mol. The van der Waals surface area contributed by atoms with Crippen LogP contribution < -0.4 is 5.73 Å². The van der Waals surface area contributed by atoms with Gasteiger partial charge in [0.2, 0.25) is 5.91 Å². The number of likely N-dealkylation sites (tertiary alicyclic amines) is 1. The molecule has 2 aromatic carbocycles. The molecule has 4 N–H and O–H groups in total. The second kappa shape index (κ2) is 11.9. The number of aromatic hydroxyl groups is 1. The number of Topliss-reactive ketones (excluding diaryl/α,β-unsaturated/α-hetero) is 4. The molecule has 0 bridgehead atoms. The maximum Gasteiger partial charge on any atom is 0.235 e. The predicted molar refractivity (Wildman–Crippen MR) is 165 cm³/mol. The number of hydrogen-bond acceptors (Lipinski definition) is 9. The highest BCUT2D eigenvalue weighted by molar-refractivity contribution is 6.32. The first kappa shape index (κ1) is 31.3. The predicted octanol–water partition coefficient (Wildman–Crippen LogP) is 1.95. The lowest BCUT2D eigenvalue weighted by molar-refractivity contribution is -0.181. The van der Waals surface area contributed by atoms with Gasteiger partial charge in [0.05, 0.1) is 17.5 Å². The molecule has 45 heavy (non-hydrogen) atoms. The first-order chi connectivity index (χ1) is 21.4. The minimum Gasteiger partial charge on any atom is -0.507 e. The lowest BCUT2D eigenvalue weighted by Gasteiger charge is -2.52. The van der Waals surface area contributed by atoms with Crippen LogP contribution in [0.4, 0.5) is 0 Å². The van der Waals surface area contributed by atoms with Gasteiger partial charge in [-0.25, -0.2) is 0 Å². The van der Waals surface area contributed by atoms with Gasteiger partial charge >= 0.3 is 0 Å². The van der Waals surface area contributed by atoms with E-state index in [2.05, 4.69) is 17.0 Å². The van der Waals surface area contributed by atoms with E-state index in [-0.39, 0.29) is 24.2 Å². The van der Waals surface area contributed by atoms with Crippen LogP contribution in [0.15, 0.2) is 36.4 Å². The number of nitrogens with zero attached hydrogens (tertiary/aromatic N) is 2. The van der Waals surface area contributed by atoms with Crippen molar-refractivity contribution in [2.45, 2.75) is 56.6 Å². The van der Waals surface area contributed by atoms with E-state index in [9.17, 15) is 34.2 Å². The Morgan fingerprint density at radius 1 is 1.04 bits per heavy atom. The van der Waals surface area contributed by atoms with Gasteiger partial charge in [0.25, 0.3) is 0 Å². The second-order valence-corrected chi connectivity index (χ2v) is 13.5. The highest BCUT2D eigenvalue weighted by Gasteiger charge is 2.69. The molecule has 2 unspecified atom stereocenters. The Morgan fingerprint density at radius 3 is 2.47 bits per heavy atom. The molecular weight excluding hydrogens is 574 g/mol. The number of phenols is 1. The van der Waals surface area contributed by atoms with E-state index < -0.39 is 64.4 Å². The maximum absolute atomic E-state index is 14.1. The molecule has 238 valence electrons. The molecule has 10 nitrogen and oxygen atoms in total. The molecule has 4 aliphatic rings. The molecule has 6 atom stereocenters. The van der Waals surface area contributed by atoms with Crippen LogP contribution >= 0.6 is 0 Å². The third kappa shape index (κ3) is 5.13. The summed E-state index contributed by atoms with van der Waals surface area (Å²) in [5.41, 5.74) is 6.12. The number of likely N-dealkylation sites (N-methyl/N-ethyl adjacent to an activating group) is 1. The summed E-state index contributed by atoms with van der Waals surface area (Å²) >= 11 is 0. The number of fused-ring (bicyclic) bond motifs is 3. The molecule has 10 heteroatoms. The Morgan fingerprint density at radius 2 is 1.78 bits per heavy atom. The van der Waals surface area contributed by atoms with Crippen molar-refractivity contribution in [3.63, 3.8) is 0 Å². The average Bonchev–Trinajstić information content (AvgIpc) is 2.99. The van der Waals surface area contributed by atoms with Crippen molar-refractivity contribution in [1.82, 2.24) is 9.80 Å². The summed E-state index contributed by atoms with van der Waals surface area (Å²) in [4.78, 5) is 71.1. The summed E-state index contributed by atoms with van der Waals surface area (Å²) in [5.74, 6) is -10.4. The van der Waals surface area contributed by atoms with E-state index in [1.54, 1.807) is 20.2 Å². The van der Waals surface area contributed by atoms with Crippen LogP contribution in [-0.2, 0) is 32.0 Å². The van der Waals surface area contributed by atoms with Crippen molar-refractivity contribution >= 4 is 29.0 Å². The number of phenolic OH excluding ortho intramolecular Hbond substituents is 1. The molecule has 3 fully saturated rings. The van der Waals surface area contributed by atoms with Gasteiger partial charge in [-0.2, -0.15) is 0 Å². The van der Waals surface area contributed by atoms with Crippen LogP contribution in [0.3, 0.4) is 0 Å². The van der Waals surface area contributed by atoms with Gasteiger partial charge in [0.15, 0.2) is 34.7 Å². The Balaban J connectivity index is 1.34. The van der Waals surface area contributed by atoms with Crippen molar-refractivity contribution in [2.75, 3.05) is 33.7 Å². The van der Waals surface area contributed by atoms with E-state index in [1.165, 1.54) is 35.8 Å². The summed E-state index contributed by atoms with van der Waals surface area (Å²) < 4.78 is 0. The van der Waals surface area contributed by atoms with Crippen LogP contribution in [0.1, 0.15) is 53.6 Å². The van der Waals surface area contributed by atoms with E-state index in [0.717, 1.165) is 43.6 Å². The van der Waals surface area contributed by atoms with E-state index in [0.29, 0.717) is 5.56 Å². The Kier molecular flexibility index (Phi) is 8.26. The Bertz CT molecular complexity index is 1580. The van der Waals surface area contributed by atoms with Gasteiger partial charge in [0.1, 0.15) is 5.75 Å². The molecule has 2 aromatic rings. The molecule has 1 saturated heterocycles. The van der Waals surface area contributed by atoms with Crippen molar-refractivity contribution in [3.05, 3.63) is 53.1 Å². The average molecular weight is 616 g/mol. The Labute approximate surface area is 262 Å². The second-order valence-electron chi connectivity index (χ2n) is 13.5. The molecule has 0 aromatic heterocycles. The molecule has 0 radical (unpaired) electrons. The number of ketones is 4. The van der Waals surface area contributed by atoms with Crippen molar-refractivity contribution < 1.29 is 34.2 Å². The number of primary amides is 1. The van der Waals surface area contributed by atoms with Gasteiger partial charge < -0.3 is 20.8 Å². The van der Waals surface area contributed by atoms with E-state index in [1.807, 2.05) is 12.1 Å². The van der Waals surface area contributed by atoms with Gasteiger partial charge in [-0.15, -0.1) is 0 Å². The molecule has 1 heterocycles. The summed E-state index contributed by atoms with van der Waals surface area (Å²) in [6.07, 6.45) is 6.01. The number of piperidine rings is 1. The standard InChI is InChI=1S/C35H41N3O7/c1-37(2)29-24-18-21-17-23-22(20-10-6-8-19(16-20)9-7-15-38-13-4-3-5-14-38)11-12-25(39)27(23)30(40)26(21)32(42)35(24,45)33(43)28(31(29)41)34(36)44/h6,8,10-12,16,21,24,26,28-29,39,45H,3-5,7,9,13-15,17-18H2,1-2H3,(H2,36,44)/t21-,24-,26?,28?,29-,35-/m0/s1. The first-order valence-electron chi connectivity index (χ1n) is 16.0. The van der Waals surface area contributed by atoms with Crippen LogP contribution in [0.25, 0.3) is 11.1 Å². The van der Waals surface area contributed by atoms with Crippen molar-refractivity contribution in [3.8, 4) is 16.9 Å². The smallest absolute Gasteiger partial charge is 0.235 e. The molecule has 3 aliphatic carbocycles. The highest BCUT2D eigenvalue weighted by Crippen LogP contribution is 2.51. The van der Waals surface area contributed by atoms with E-state index >= 15 is 0 Å². The normalized spacial score (nSPS) is 30.2. The largest absolute Gasteiger partial charge is 0.507 e. The van der Waals surface area contributed by atoms with Crippen LogP contribution in [0.5, 0.6) is 5.75 Å². The SMILES string of the molecule is CN(C)[C@@H]1C(=O)C(C(N)=O)C(=O)[C@@]2(O)C(=O)C3C(=O)c4c(O)ccc(-c5cccc(CCCN6CCCCC6)c5)c4C[C@H]3C[C@@H]12. The highest BCUT2D eigenvalue weighted by atomic mass is 16.3. The number of benzene rings is 2. The molecule has 2 saturated carbocycles. The fourth-order valence-electron chi connectivity index (χ4n) is 8.46. The lowest BCUT2D eigenvalue weighted by atomic mass is 9.52. The zero-order valence-electron chi connectivity index (χ0n) is 25.8. The topological polar surface area (TPSA) is 158 Å².